The molecule has 4 N–H and O–H groups in total. The molecule has 3 aromatic rings. The van der Waals surface area contributed by atoms with Crippen LogP contribution in [0.4, 0.5) is 5.69 Å². The van der Waals surface area contributed by atoms with Gasteiger partial charge in [-0.2, -0.15) is 0 Å². The van der Waals surface area contributed by atoms with Crippen LogP contribution in [0, 0.1) is 0 Å². The molecule has 0 spiro atoms. The van der Waals surface area contributed by atoms with E-state index in [0.29, 0.717) is 33.0 Å². The van der Waals surface area contributed by atoms with E-state index in [2.05, 4.69) is 20.9 Å². The summed E-state index contributed by atoms with van der Waals surface area (Å²) in [6, 6.07) is 15.6. The van der Waals surface area contributed by atoms with E-state index in [1.807, 2.05) is 53.7 Å². The normalized spacial score (nSPS) is 12.4. The number of hydrogen-bond donors (Lipinski definition) is 4. The van der Waals surface area contributed by atoms with Crippen molar-refractivity contribution in [3.05, 3.63) is 89.2 Å². The third-order valence-corrected chi connectivity index (χ3v) is 6.77. The first-order chi connectivity index (χ1) is 18.7. The zero-order valence-corrected chi connectivity index (χ0v) is 24.7. The minimum Gasteiger partial charge on any atom is -0.392 e. The lowest BCUT2D eigenvalue weighted by Gasteiger charge is -2.22. The molecule has 3 amide bonds. The van der Waals surface area contributed by atoms with Gasteiger partial charge >= 0.3 is 0 Å². The van der Waals surface area contributed by atoms with Crippen LogP contribution >= 0.6 is 11.8 Å². The molecule has 40 heavy (non-hydrogen) atoms. The monoisotopic (exact) mass is 562 g/mol. The average molecular weight is 563 g/mol. The molecule has 3 rings (SSSR count). The van der Waals surface area contributed by atoms with Gasteiger partial charge in [-0.25, -0.2) is 0 Å². The van der Waals surface area contributed by atoms with Crippen LogP contribution in [0.25, 0.3) is 0 Å². The van der Waals surface area contributed by atoms with Crippen molar-refractivity contribution in [2.75, 3.05) is 11.1 Å². The molecule has 212 valence electrons. The average Bonchev–Trinajstić information content (AvgIpc) is 2.86. The number of hydrogen-bond acceptors (Lipinski definition) is 6. The van der Waals surface area contributed by atoms with Crippen molar-refractivity contribution < 1.29 is 19.5 Å². The zero-order chi connectivity index (χ0) is 29.5. The molecule has 9 heteroatoms. The van der Waals surface area contributed by atoms with E-state index in [9.17, 15) is 19.5 Å². The van der Waals surface area contributed by atoms with E-state index in [4.69, 9.17) is 0 Å². The van der Waals surface area contributed by atoms with Gasteiger partial charge in [-0.15, -0.1) is 11.8 Å². The number of anilines is 1. The molecule has 1 heterocycles. The van der Waals surface area contributed by atoms with E-state index < -0.39 is 11.6 Å². The molecule has 1 aromatic heterocycles. The highest BCUT2D eigenvalue weighted by molar-refractivity contribution is 7.99. The van der Waals surface area contributed by atoms with E-state index in [1.165, 1.54) is 24.2 Å². The molecule has 2 aromatic carbocycles. The summed E-state index contributed by atoms with van der Waals surface area (Å²) in [4.78, 5) is 43.2. The molecular formula is C31H38N4O4S. The summed E-state index contributed by atoms with van der Waals surface area (Å²) < 4.78 is 0. The van der Waals surface area contributed by atoms with Gasteiger partial charge < -0.3 is 21.1 Å². The third kappa shape index (κ3) is 9.50. The molecule has 0 aliphatic rings. The molecule has 1 atom stereocenters. The van der Waals surface area contributed by atoms with Crippen LogP contribution in [0.2, 0.25) is 0 Å². The molecule has 1 unspecified atom stereocenters. The summed E-state index contributed by atoms with van der Waals surface area (Å²) in [6.07, 6.45) is 2.60. The van der Waals surface area contributed by atoms with Crippen molar-refractivity contribution in [2.45, 2.75) is 70.0 Å². The van der Waals surface area contributed by atoms with Gasteiger partial charge in [0.25, 0.3) is 17.7 Å². The summed E-state index contributed by atoms with van der Waals surface area (Å²) >= 11 is 1.34. The first-order valence-corrected chi connectivity index (χ1v) is 14.1. The van der Waals surface area contributed by atoms with Gasteiger partial charge in [-0.1, -0.05) is 18.2 Å². The Hall–Kier alpha value is -3.69. The predicted octanol–water partition coefficient (Wildman–Crippen LogP) is 5.09. The summed E-state index contributed by atoms with van der Waals surface area (Å²) in [5, 5.41) is 19.7. The highest BCUT2D eigenvalue weighted by Crippen LogP contribution is 2.28. The lowest BCUT2D eigenvalue weighted by Crippen LogP contribution is -2.41. The van der Waals surface area contributed by atoms with Crippen LogP contribution in [-0.2, 0) is 6.42 Å². The number of benzene rings is 2. The standard InChI is InChI=1S/C31H38N4O4S/c1-30(2,3)34-28(38)24-10-8-7-9-21(24)17-23(36)19-40-26-12-11-22(18-25(26)29(39)35-31(4,5)6)33-27(37)20-13-15-32-16-14-20/h7-16,18,23,36H,17,19H2,1-6H3,(H,33,37)(H,34,38)(H,35,39). The van der Waals surface area contributed by atoms with Crippen LogP contribution < -0.4 is 16.0 Å². The maximum atomic E-state index is 13.2. The number of amides is 3. The fraction of sp³-hybridized carbons (Fsp3) is 0.355. The van der Waals surface area contributed by atoms with Crippen LogP contribution in [0.15, 0.2) is 71.9 Å². The number of aliphatic hydroxyl groups is 1. The smallest absolute Gasteiger partial charge is 0.255 e. The van der Waals surface area contributed by atoms with E-state index in [0.717, 1.165) is 5.56 Å². The van der Waals surface area contributed by atoms with Crippen molar-refractivity contribution in [3.8, 4) is 0 Å². The molecule has 0 fully saturated rings. The fourth-order valence-electron chi connectivity index (χ4n) is 3.85. The van der Waals surface area contributed by atoms with Gasteiger partial charge in [-0.3, -0.25) is 19.4 Å². The minimum absolute atomic E-state index is 0.187. The Bertz CT molecular complexity index is 1350. The van der Waals surface area contributed by atoms with Gasteiger partial charge in [0.05, 0.1) is 11.7 Å². The van der Waals surface area contributed by atoms with Gasteiger partial charge in [0, 0.05) is 50.9 Å². The number of aliphatic hydroxyl groups excluding tert-OH is 1. The second-order valence-corrected chi connectivity index (χ2v) is 12.7. The Morgan fingerprint density at radius 1 is 0.825 bits per heavy atom. The quantitative estimate of drug-likeness (QED) is 0.270. The largest absolute Gasteiger partial charge is 0.392 e. The van der Waals surface area contributed by atoms with Gasteiger partial charge in [0.1, 0.15) is 0 Å². The Labute approximate surface area is 240 Å². The van der Waals surface area contributed by atoms with Crippen molar-refractivity contribution in [1.29, 1.82) is 0 Å². The highest BCUT2D eigenvalue weighted by Gasteiger charge is 2.22. The molecule has 0 bridgehead atoms. The Kier molecular flexibility index (Phi) is 10.1. The van der Waals surface area contributed by atoms with Crippen molar-refractivity contribution in [1.82, 2.24) is 15.6 Å². The minimum atomic E-state index is -0.766. The first-order valence-electron chi connectivity index (χ1n) is 13.1. The molecule has 0 radical (unpaired) electrons. The number of thioether (sulfide) groups is 1. The highest BCUT2D eigenvalue weighted by atomic mass is 32.2. The first kappa shape index (κ1) is 30.8. The van der Waals surface area contributed by atoms with Crippen molar-refractivity contribution >= 4 is 35.2 Å². The molecule has 0 saturated heterocycles. The summed E-state index contributed by atoms with van der Waals surface area (Å²) in [5.74, 6) is -0.481. The van der Waals surface area contributed by atoms with Crippen LogP contribution in [0.3, 0.4) is 0 Å². The number of pyridine rings is 1. The zero-order valence-electron chi connectivity index (χ0n) is 23.9. The lowest BCUT2D eigenvalue weighted by molar-refractivity contribution is 0.0907. The molecule has 0 aliphatic heterocycles. The summed E-state index contributed by atoms with van der Waals surface area (Å²) in [5.41, 5.74) is 1.75. The number of nitrogens with zero attached hydrogens (tertiary/aromatic N) is 1. The molecule has 0 saturated carbocycles. The van der Waals surface area contributed by atoms with Crippen LogP contribution in [-0.4, -0.2) is 50.7 Å². The number of nitrogens with one attached hydrogen (secondary N) is 3. The van der Waals surface area contributed by atoms with Gasteiger partial charge in [0.15, 0.2) is 0 Å². The fourth-order valence-corrected chi connectivity index (χ4v) is 4.81. The number of aromatic nitrogens is 1. The van der Waals surface area contributed by atoms with E-state index >= 15 is 0 Å². The third-order valence-electron chi connectivity index (χ3n) is 5.55. The summed E-state index contributed by atoms with van der Waals surface area (Å²) in [6.45, 7) is 11.4. The van der Waals surface area contributed by atoms with Crippen LogP contribution in [0.1, 0.15) is 78.2 Å². The number of rotatable bonds is 9. The van der Waals surface area contributed by atoms with Gasteiger partial charge in [-0.05, 0) is 89.9 Å². The Morgan fingerprint density at radius 2 is 1.43 bits per heavy atom. The maximum absolute atomic E-state index is 13.2. The number of carbonyl (C=O) groups excluding carboxylic acids is 3. The second-order valence-electron chi connectivity index (χ2n) is 11.6. The topological polar surface area (TPSA) is 120 Å². The van der Waals surface area contributed by atoms with E-state index in [1.54, 1.807) is 42.5 Å². The van der Waals surface area contributed by atoms with E-state index in [-0.39, 0.29) is 29.7 Å². The maximum Gasteiger partial charge on any atom is 0.255 e. The predicted molar refractivity (Wildman–Crippen MR) is 160 cm³/mol. The Balaban J connectivity index is 1.77. The summed E-state index contributed by atoms with van der Waals surface area (Å²) in [7, 11) is 0. The molecular weight excluding hydrogens is 524 g/mol. The second kappa shape index (κ2) is 13.1. The van der Waals surface area contributed by atoms with Crippen molar-refractivity contribution in [2.24, 2.45) is 0 Å². The molecule has 8 nitrogen and oxygen atoms in total. The van der Waals surface area contributed by atoms with Gasteiger partial charge in [0.2, 0.25) is 0 Å². The Morgan fingerprint density at radius 3 is 2.05 bits per heavy atom. The number of carbonyl (C=O) groups is 3. The lowest BCUT2D eigenvalue weighted by atomic mass is 10.00. The molecule has 0 aliphatic carbocycles. The van der Waals surface area contributed by atoms with Crippen molar-refractivity contribution in [3.63, 3.8) is 0 Å². The SMILES string of the molecule is CC(C)(C)NC(=O)c1ccccc1CC(O)CSc1ccc(NC(=O)c2ccncc2)cc1C(=O)NC(C)(C)C. The van der Waals surface area contributed by atoms with Crippen LogP contribution in [0.5, 0.6) is 0 Å².